The number of aliphatic carboxylic acids is 1. The van der Waals surface area contributed by atoms with Gasteiger partial charge in [0.05, 0.1) is 6.07 Å². The van der Waals surface area contributed by atoms with Crippen LogP contribution in [0.4, 0.5) is 0 Å². The maximum absolute atomic E-state index is 10.5. The molecule has 0 rings (SSSR count). The molecule has 0 bridgehead atoms. The lowest BCUT2D eigenvalue weighted by molar-refractivity contribution is -0.141. The minimum Gasteiger partial charge on any atom is -0.480 e. The predicted molar refractivity (Wildman–Crippen MR) is 40.8 cm³/mol. The Bertz CT molecular complexity index is 167. The van der Waals surface area contributed by atoms with Gasteiger partial charge in [0.2, 0.25) is 0 Å². The number of hydrogen-bond acceptors (Lipinski definition) is 2. The van der Waals surface area contributed by atoms with Crippen LogP contribution in [0.3, 0.4) is 0 Å². The van der Waals surface area contributed by atoms with Gasteiger partial charge in [0.15, 0.2) is 0 Å². The quantitative estimate of drug-likeness (QED) is 0.671. The van der Waals surface area contributed by atoms with Crippen LogP contribution >= 0.6 is 0 Å². The van der Waals surface area contributed by atoms with Crippen molar-refractivity contribution in [3.8, 4) is 6.07 Å². The van der Waals surface area contributed by atoms with Crippen molar-refractivity contribution in [2.24, 2.45) is 11.8 Å². The molecule has 1 unspecified atom stereocenters. The van der Waals surface area contributed by atoms with Gasteiger partial charge in [-0.2, -0.15) is 5.26 Å². The van der Waals surface area contributed by atoms with Gasteiger partial charge in [0.25, 0.3) is 0 Å². The third-order valence-corrected chi connectivity index (χ3v) is 1.93. The summed E-state index contributed by atoms with van der Waals surface area (Å²) in [6.45, 7) is 3.81. The molecular formula is C8H13NO2. The second kappa shape index (κ2) is 4.73. The number of hydrogen-bond donors (Lipinski definition) is 1. The molecule has 0 spiro atoms. The zero-order valence-electron chi connectivity index (χ0n) is 6.87. The largest absolute Gasteiger partial charge is 0.480 e. The molecule has 0 amide bonds. The van der Waals surface area contributed by atoms with E-state index in [2.05, 4.69) is 0 Å². The molecule has 1 atom stereocenters. The summed E-state index contributed by atoms with van der Waals surface area (Å²) in [4.78, 5) is 10.5. The molecule has 3 nitrogen and oxygen atoms in total. The molecule has 0 saturated carbocycles. The van der Waals surface area contributed by atoms with Crippen molar-refractivity contribution in [2.75, 3.05) is 0 Å². The van der Waals surface area contributed by atoms with Crippen LogP contribution in [-0.2, 0) is 4.79 Å². The molecule has 0 radical (unpaired) electrons. The lowest BCUT2D eigenvalue weighted by Crippen LogP contribution is -2.20. The fraction of sp³-hybridized carbons (Fsp3) is 0.750. The van der Waals surface area contributed by atoms with Gasteiger partial charge in [0.1, 0.15) is 5.92 Å². The zero-order chi connectivity index (χ0) is 8.85. The van der Waals surface area contributed by atoms with E-state index in [-0.39, 0.29) is 5.92 Å². The molecule has 3 heteroatoms. The molecule has 0 aromatic carbocycles. The van der Waals surface area contributed by atoms with Crippen molar-refractivity contribution in [1.82, 2.24) is 0 Å². The van der Waals surface area contributed by atoms with Crippen molar-refractivity contribution < 1.29 is 9.90 Å². The van der Waals surface area contributed by atoms with E-state index in [0.717, 1.165) is 12.8 Å². The summed E-state index contributed by atoms with van der Waals surface area (Å²) in [6.07, 6.45) is 1.50. The highest BCUT2D eigenvalue weighted by Gasteiger charge is 2.24. The molecule has 62 valence electrons. The van der Waals surface area contributed by atoms with Crippen LogP contribution in [-0.4, -0.2) is 11.1 Å². The number of rotatable bonds is 4. The third-order valence-electron chi connectivity index (χ3n) is 1.93. The Morgan fingerprint density at radius 2 is 2.00 bits per heavy atom. The average Bonchev–Trinajstić information content (AvgIpc) is 1.99. The van der Waals surface area contributed by atoms with E-state index in [1.54, 1.807) is 6.07 Å². The molecule has 0 aromatic rings. The van der Waals surface area contributed by atoms with Gasteiger partial charge in [-0.15, -0.1) is 0 Å². The maximum atomic E-state index is 10.5. The van der Waals surface area contributed by atoms with E-state index in [9.17, 15) is 4.79 Å². The number of carbonyl (C=O) groups is 1. The molecule has 0 heterocycles. The van der Waals surface area contributed by atoms with Gasteiger partial charge in [-0.3, -0.25) is 4.79 Å². The highest BCUT2D eigenvalue weighted by molar-refractivity contribution is 5.73. The van der Waals surface area contributed by atoms with E-state index in [1.807, 2.05) is 13.8 Å². The Labute approximate surface area is 66.6 Å². The van der Waals surface area contributed by atoms with Crippen molar-refractivity contribution >= 4 is 5.97 Å². The third kappa shape index (κ3) is 2.58. The summed E-state index contributed by atoms with van der Waals surface area (Å²) in [6, 6.07) is 1.80. The van der Waals surface area contributed by atoms with Crippen molar-refractivity contribution in [3.63, 3.8) is 0 Å². The molecule has 0 aliphatic carbocycles. The zero-order valence-corrected chi connectivity index (χ0v) is 6.87. The fourth-order valence-electron chi connectivity index (χ4n) is 1.12. The molecule has 11 heavy (non-hydrogen) atoms. The average molecular weight is 155 g/mol. The van der Waals surface area contributed by atoms with Crippen LogP contribution in [0, 0.1) is 23.2 Å². The Morgan fingerprint density at radius 3 is 2.09 bits per heavy atom. The molecular weight excluding hydrogens is 142 g/mol. The Balaban J connectivity index is 4.24. The molecule has 0 saturated heterocycles. The van der Waals surface area contributed by atoms with Crippen molar-refractivity contribution in [1.29, 1.82) is 5.26 Å². The van der Waals surface area contributed by atoms with Crippen LogP contribution < -0.4 is 0 Å². The van der Waals surface area contributed by atoms with E-state index < -0.39 is 11.9 Å². The normalized spacial score (nSPS) is 12.5. The first-order chi connectivity index (χ1) is 5.17. The first-order valence-corrected chi connectivity index (χ1v) is 3.79. The first kappa shape index (κ1) is 9.96. The van der Waals surface area contributed by atoms with E-state index in [0.29, 0.717) is 0 Å². The molecule has 0 fully saturated rings. The summed E-state index contributed by atoms with van der Waals surface area (Å²) < 4.78 is 0. The molecule has 0 aliphatic heterocycles. The van der Waals surface area contributed by atoms with Crippen LogP contribution in [0.15, 0.2) is 0 Å². The summed E-state index contributed by atoms with van der Waals surface area (Å²) in [5.41, 5.74) is 0. The number of nitrogens with zero attached hydrogens (tertiary/aromatic N) is 1. The minimum absolute atomic E-state index is 0.00231. The van der Waals surface area contributed by atoms with Crippen molar-refractivity contribution in [3.05, 3.63) is 0 Å². The number of carboxylic acids is 1. The van der Waals surface area contributed by atoms with E-state index in [4.69, 9.17) is 10.4 Å². The van der Waals surface area contributed by atoms with Crippen molar-refractivity contribution in [2.45, 2.75) is 26.7 Å². The summed E-state index contributed by atoms with van der Waals surface area (Å²) in [5.74, 6) is -1.83. The van der Waals surface area contributed by atoms with Gasteiger partial charge in [-0.25, -0.2) is 0 Å². The molecule has 0 aromatic heterocycles. The second-order valence-electron chi connectivity index (χ2n) is 2.52. The van der Waals surface area contributed by atoms with Crippen LogP contribution in [0.1, 0.15) is 26.7 Å². The Hall–Kier alpha value is -1.04. The van der Waals surface area contributed by atoms with Crippen LogP contribution in [0.5, 0.6) is 0 Å². The van der Waals surface area contributed by atoms with Gasteiger partial charge in [0, 0.05) is 0 Å². The van der Waals surface area contributed by atoms with Gasteiger partial charge >= 0.3 is 5.97 Å². The van der Waals surface area contributed by atoms with Crippen LogP contribution in [0.25, 0.3) is 0 Å². The fourth-order valence-corrected chi connectivity index (χ4v) is 1.12. The molecule has 0 aliphatic rings. The lowest BCUT2D eigenvalue weighted by atomic mass is 9.89. The predicted octanol–water partition coefficient (Wildman–Crippen LogP) is 1.65. The van der Waals surface area contributed by atoms with E-state index >= 15 is 0 Å². The Morgan fingerprint density at radius 1 is 1.55 bits per heavy atom. The van der Waals surface area contributed by atoms with E-state index in [1.165, 1.54) is 0 Å². The van der Waals surface area contributed by atoms with Crippen LogP contribution in [0.2, 0.25) is 0 Å². The smallest absolute Gasteiger partial charge is 0.321 e. The Kier molecular flexibility index (Phi) is 4.28. The first-order valence-electron chi connectivity index (χ1n) is 3.79. The second-order valence-corrected chi connectivity index (χ2v) is 2.52. The van der Waals surface area contributed by atoms with Gasteiger partial charge in [-0.1, -0.05) is 26.7 Å². The highest BCUT2D eigenvalue weighted by atomic mass is 16.4. The van der Waals surface area contributed by atoms with Gasteiger partial charge < -0.3 is 5.11 Å². The number of nitriles is 1. The lowest BCUT2D eigenvalue weighted by Gasteiger charge is -2.13. The SMILES string of the molecule is CCC(CC)C(C#N)C(=O)O. The highest BCUT2D eigenvalue weighted by Crippen LogP contribution is 2.18. The minimum atomic E-state index is -0.999. The standard InChI is InChI=1S/C8H13NO2/c1-3-6(4-2)7(5-9)8(10)11/h6-7H,3-4H2,1-2H3,(H,10,11). The monoisotopic (exact) mass is 155 g/mol. The summed E-state index contributed by atoms with van der Waals surface area (Å²) in [7, 11) is 0. The summed E-state index contributed by atoms with van der Waals surface area (Å²) >= 11 is 0. The summed E-state index contributed by atoms with van der Waals surface area (Å²) in [5, 5.41) is 17.1. The number of carboxylic acid groups (broad SMARTS) is 1. The van der Waals surface area contributed by atoms with Gasteiger partial charge in [-0.05, 0) is 5.92 Å². The maximum Gasteiger partial charge on any atom is 0.321 e. The topological polar surface area (TPSA) is 61.1 Å². The molecule has 1 N–H and O–H groups in total.